The maximum atomic E-state index is 6.00. The van der Waals surface area contributed by atoms with Crippen molar-refractivity contribution in [1.29, 1.82) is 0 Å². The summed E-state index contributed by atoms with van der Waals surface area (Å²) in [6.07, 6.45) is 3.60. The number of nitrogen functional groups attached to an aromatic ring is 1. The van der Waals surface area contributed by atoms with Gasteiger partial charge in [0.1, 0.15) is 5.82 Å². The average Bonchev–Trinajstić information content (AvgIpc) is 2.76. The molecule has 0 aliphatic carbocycles. The van der Waals surface area contributed by atoms with Gasteiger partial charge in [0, 0.05) is 19.2 Å². The molecule has 0 amide bonds. The standard InChI is InChI=1S/C13H23BN4O2/c1-12(2)13(3,4)20-14(19-12)10(7-15)6-9-8-17-18(5)11(9)16/h6,8H,7,15-16H2,1-5H3. The normalized spacial score (nSPS) is 21.5. The first-order valence-electron chi connectivity index (χ1n) is 6.71. The molecule has 0 radical (unpaired) electrons. The largest absolute Gasteiger partial charge is 0.491 e. The first-order valence-corrected chi connectivity index (χ1v) is 6.71. The van der Waals surface area contributed by atoms with Crippen molar-refractivity contribution < 1.29 is 9.31 Å². The van der Waals surface area contributed by atoms with Crippen molar-refractivity contribution in [3.05, 3.63) is 17.2 Å². The molecule has 0 aromatic carbocycles. The zero-order valence-electron chi connectivity index (χ0n) is 12.8. The minimum atomic E-state index is -0.454. The van der Waals surface area contributed by atoms with Crippen molar-refractivity contribution in [1.82, 2.24) is 9.78 Å². The number of nitrogens with two attached hydrogens (primary N) is 2. The van der Waals surface area contributed by atoms with Crippen molar-refractivity contribution in [2.45, 2.75) is 38.9 Å². The Bertz CT molecular complexity index is 520. The van der Waals surface area contributed by atoms with Crippen molar-refractivity contribution in [3.8, 4) is 0 Å². The van der Waals surface area contributed by atoms with E-state index in [2.05, 4.69) is 5.10 Å². The summed E-state index contributed by atoms with van der Waals surface area (Å²) in [5.74, 6) is 0.590. The summed E-state index contributed by atoms with van der Waals surface area (Å²) in [6.45, 7) is 8.39. The molecule has 0 spiro atoms. The third-order valence-electron chi connectivity index (χ3n) is 4.15. The summed E-state index contributed by atoms with van der Waals surface area (Å²) in [4.78, 5) is 0. The molecule has 0 saturated carbocycles. The topological polar surface area (TPSA) is 88.3 Å². The highest BCUT2D eigenvalue weighted by molar-refractivity contribution is 6.56. The van der Waals surface area contributed by atoms with Crippen LogP contribution in [0.15, 0.2) is 11.7 Å². The first-order chi connectivity index (χ1) is 9.18. The molecule has 2 heterocycles. The summed E-state index contributed by atoms with van der Waals surface area (Å²) >= 11 is 0. The number of aryl methyl sites for hydroxylation is 1. The molecule has 110 valence electrons. The third kappa shape index (κ3) is 2.48. The van der Waals surface area contributed by atoms with Crippen LogP contribution < -0.4 is 11.5 Å². The first kappa shape index (κ1) is 15.1. The summed E-state index contributed by atoms with van der Waals surface area (Å²) < 4.78 is 13.6. The molecule has 1 aliphatic heterocycles. The minimum absolute atomic E-state index is 0.338. The maximum absolute atomic E-state index is 6.00. The van der Waals surface area contributed by atoms with Crippen LogP contribution in [0, 0.1) is 0 Å². The van der Waals surface area contributed by atoms with Gasteiger partial charge in [-0.05, 0) is 33.2 Å². The molecular formula is C13H23BN4O2. The highest BCUT2D eigenvalue weighted by atomic mass is 16.7. The zero-order valence-corrected chi connectivity index (χ0v) is 12.8. The van der Waals surface area contributed by atoms with Gasteiger partial charge in [-0.2, -0.15) is 5.10 Å². The van der Waals surface area contributed by atoms with Crippen LogP contribution in [0.1, 0.15) is 33.3 Å². The second-order valence-electron chi connectivity index (χ2n) is 6.12. The van der Waals surface area contributed by atoms with Gasteiger partial charge in [0.25, 0.3) is 0 Å². The Balaban J connectivity index is 2.29. The molecule has 20 heavy (non-hydrogen) atoms. The van der Waals surface area contributed by atoms with Crippen LogP contribution in [0.3, 0.4) is 0 Å². The molecule has 1 aliphatic rings. The van der Waals surface area contributed by atoms with Crippen LogP contribution >= 0.6 is 0 Å². The Morgan fingerprint density at radius 3 is 2.30 bits per heavy atom. The fraction of sp³-hybridized carbons (Fsp3) is 0.615. The zero-order chi connectivity index (χ0) is 15.1. The fourth-order valence-electron chi connectivity index (χ4n) is 1.99. The highest BCUT2D eigenvalue weighted by Gasteiger charge is 2.52. The van der Waals surface area contributed by atoms with Crippen molar-refractivity contribution >= 4 is 19.0 Å². The van der Waals surface area contributed by atoms with Crippen LogP contribution in [-0.2, 0) is 16.4 Å². The monoisotopic (exact) mass is 278 g/mol. The Morgan fingerprint density at radius 2 is 1.90 bits per heavy atom. The number of nitrogens with zero attached hydrogens (tertiary/aromatic N) is 2. The molecule has 0 bridgehead atoms. The van der Waals surface area contributed by atoms with Gasteiger partial charge >= 0.3 is 7.12 Å². The number of anilines is 1. The van der Waals surface area contributed by atoms with Crippen LogP contribution in [0.2, 0.25) is 0 Å². The molecule has 2 rings (SSSR count). The van der Waals surface area contributed by atoms with Gasteiger partial charge in [-0.15, -0.1) is 0 Å². The lowest BCUT2D eigenvalue weighted by molar-refractivity contribution is 0.00578. The molecule has 1 fully saturated rings. The summed E-state index contributed by atoms with van der Waals surface area (Å²) in [5.41, 5.74) is 12.7. The van der Waals surface area contributed by atoms with Crippen molar-refractivity contribution in [2.24, 2.45) is 12.8 Å². The van der Waals surface area contributed by atoms with Gasteiger partial charge in [0.15, 0.2) is 0 Å². The summed E-state index contributed by atoms with van der Waals surface area (Å²) in [5, 5.41) is 4.11. The molecule has 6 nitrogen and oxygen atoms in total. The third-order valence-corrected chi connectivity index (χ3v) is 4.15. The van der Waals surface area contributed by atoms with E-state index in [1.807, 2.05) is 33.8 Å². The molecule has 0 unspecified atom stereocenters. The molecule has 1 saturated heterocycles. The predicted molar refractivity (Wildman–Crippen MR) is 80.7 cm³/mol. The van der Waals surface area contributed by atoms with Gasteiger partial charge in [-0.25, -0.2) is 0 Å². The van der Waals surface area contributed by atoms with E-state index < -0.39 is 7.12 Å². The van der Waals surface area contributed by atoms with Gasteiger partial charge in [0.2, 0.25) is 0 Å². The van der Waals surface area contributed by atoms with Crippen molar-refractivity contribution in [3.63, 3.8) is 0 Å². The Kier molecular flexibility index (Phi) is 3.70. The summed E-state index contributed by atoms with van der Waals surface area (Å²) in [6, 6.07) is 0. The number of rotatable bonds is 3. The van der Waals surface area contributed by atoms with Gasteiger partial charge < -0.3 is 20.8 Å². The van der Waals surface area contributed by atoms with Crippen LogP contribution in [-0.4, -0.2) is 34.6 Å². The summed E-state index contributed by atoms with van der Waals surface area (Å²) in [7, 11) is 1.34. The maximum Gasteiger partial charge on any atom is 0.491 e. The Labute approximate surface area is 120 Å². The Morgan fingerprint density at radius 1 is 1.35 bits per heavy atom. The van der Waals surface area contributed by atoms with E-state index in [1.54, 1.807) is 17.9 Å². The second kappa shape index (κ2) is 4.91. The highest BCUT2D eigenvalue weighted by Crippen LogP contribution is 2.38. The molecule has 0 atom stereocenters. The van der Waals surface area contributed by atoms with E-state index in [9.17, 15) is 0 Å². The smallest absolute Gasteiger partial charge is 0.400 e. The Hall–Kier alpha value is -1.31. The second-order valence-corrected chi connectivity index (χ2v) is 6.12. The lowest BCUT2D eigenvalue weighted by Gasteiger charge is -2.32. The lowest BCUT2D eigenvalue weighted by Crippen LogP contribution is -2.41. The fourth-order valence-corrected chi connectivity index (χ4v) is 1.99. The van der Waals surface area contributed by atoms with E-state index >= 15 is 0 Å². The van der Waals surface area contributed by atoms with Crippen molar-refractivity contribution in [2.75, 3.05) is 12.3 Å². The molecular weight excluding hydrogens is 255 g/mol. The van der Waals surface area contributed by atoms with E-state index in [-0.39, 0.29) is 11.2 Å². The van der Waals surface area contributed by atoms with Gasteiger partial charge in [-0.1, -0.05) is 6.08 Å². The van der Waals surface area contributed by atoms with E-state index in [0.29, 0.717) is 12.4 Å². The van der Waals surface area contributed by atoms with Gasteiger partial charge in [-0.3, -0.25) is 4.68 Å². The molecule has 7 heteroatoms. The van der Waals surface area contributed by atoms with Crippen LogP contribution in [0.5, 0.6) is 0 Å². The number of hydrogen-bond donors (Lipinski definition) is 2. The SMILES string of the molecule is Cn1ncc(C=C(CN)B2OC(C)(C)C(C)(C)O2)c1N. The average molecular weight is 278 g/mol. The minimum Gasteiger partial charge on any atom is -0.400 e. The van der Waals surface area contributed by atoms with Crippen LogP contribution in [0.25, 0.3) is 6.08 Å². The molecule has 4 N–H and O–H groups in total. The van der Waals surface area contributed by atoms with E-state index in [4.69, 9.17) is 20.8 Å². The van der Waals surface area contributed by atoms with E-state index in [1.165, 1.54) is 0 Å². The van der Waals surface area contributed by atoms with E-state index in [0.717, 1.165) is 11.0 Å². The van der Waals surface area contributed by atoms with Gasteiger partial charge in [0.05, 0.1) is 17.4 Å². The molecule has 1 aromatic rings. The molecule has 1 aromatic heterocycles. The van der Waals surface area contributed by atoms with Crippen LogP contribution in [0.4, 0.5) is 5.82 Å². The lowest BCUT2D eigenvalue weighted by atomic mass is 9.77. The number of hydrogen-bond acceptors (Lipinski definition) is 5. The number of aromatic nitrogens is 2. The quantitative estimate of drug-likeness (QED) is 0.804. The predicted octanol–water partition coefficient (Wildman–Crippen LogP) is 0.976.